The van der Waals surface area contributed by atoms with Crippen LogP contribution >= 0.6 is 22.9 Å². The van der Waals surface area contributed by atoms with Gasteiger partial charge < -0.3 is 9.47 Å². The summed E-state index contributed by atoms with van der Waals surface area (Å²) in [6, 6.07) is 18.5. The summed E-state index contributed by atoms with van der Waals surface area (Å²) in [5, 5.41) is 0.572. The molecule has 0 aliphatic rings. The molecular weight excluding hydrogens is 496 g/mol. The van der Waals surface area contributed by atoms with Gasteiger partial charge in [0.15, 0.2) is 0 Å². The highest BCUT2D eigenvalue weighted by atomic mass is 35.5. The molecule has 0 saturated carbocycles. The smallest absolute Gasteiger partial charge is 0.308 e. The van der Waals surface area contributed by atoms with Crippen molar-refractivity contribution in [3.63, 3.8) is 0 Å². The Bertz CT molecular complexity index is 1460. The summed E-state index contributed by atoms with van der Waals surface area (Å²) in [5.74, 6) is 1.32. The molecular formula is C24H23ClN2O5S2. The lowest BCUT2D eigenvalue weighted by Gasteiger charge is -2.15. The van der Waals surface area contributed by atoms with Gasteiger partial charge in [0, 0.05) is 5.02 Å². The van der Waals surface area contributed by atoms with Gasteiger partial charge in [0.05, 0.1) is 34.8 Å². The molecule has 178 valence electrons. The van der Waals surface area contributed by atoms with Crippen molar-refractivity contribution in [2.45, 2.75) is 24.4 Å². The summed E-state index contributed by atoms with van der Waals surface area (Å²) in [4.78, 5) is 12.5. The molecule has 0 aliphatic carbocycles. The molecule has 0 amide bonds. The first kappa shape index (κ1) is 24.3. The van der Waals surface area contributed by atoms with E-state index in [1.165, 1.54) is 12.1 Å². The summed E-state index contributed by atoms with van der Waals surface area (Å²) in [6.07, 6.45) is 0. The number of methoxy groups -OCH3 is 1. The molecule has 7 nitrogen and oxygen atoms in total. The van der Waals surface area contributed by atoms with Crippen LogP contribution < -0.4 is 19.1 Å². The van der Waals surface area contributed by atoms with Crippen molar-refractivity contribution >= 4 is 43.2 Å². The molecule has 0 unspecified atom stereocenters. The summed E-state index contributed by atoms with van der Waals surface area (Å²) >= 11 is 7.24. The van der Waals surface area contributed by atoms with E-state index in [4.69, 9.17) is 21.1 Å². The second kappa shape index (κ2) is 10.2. The van der Waals surface area contributed by atoms with E-state index in [2.05, 4.69) is 4.72 Å². The van der Waals surface area contributed by atoms with Gasteiger partial charge in [-0.25, -0.2) is 13.1 Å². The average Bonchev–Trinajstić information content (AvgIpc) is 3.13. The van der Waals surface area contributed by atoms with E-state index < -0.39 is 16.1 Å². The summed E-state index contributed by atoms with van der Waals surface area (Å²) in [6.45, 7) is 2.18. The fraction of sp³-hybridized carbons (Fsp3) is 0.208. The van der Waals surface area contributed by atoms with Crippen LogP contribution in [-0.2, 0) is 16.6 Å². The lowest BCUT2D eigenvalue weighted by molar-refractivity contribution is 0.287. The number of benzene rings is 3. The second-order valence-electron chi connectivity index (χ2n) is 7.68. The molecule has 3 aromatic carbocycles. The van der Waals surface area contributed by atoms with Crippen LogP contribution in [-0.4, -0.2) is 32.7 Å². The standard InChI is InChI=1S/C24H23ClN2O5S2/c1-16(15-32-19-9-7-18(31-2)8-10-19)26-34(29,30)20-11-12-22-23(13-20)33-24(28)27(22)14-17-5-3-4-6-21(17)25/h3-13,16,26H,14-15H2,1-2H3/t16-/m1/s1. The molecule has 34 heavy (non-hydrogen) atoms. The van der Waals surface area contributed by atoms with Crippen LogP contribution in [0.5, 0.6) is 11.5 Å². The fourth-order valence-corrected chi connectivity index (χ4v) is 5.87. The summed E-state index contributed by atoms with van der Waals surface area (Å²) in [7, 11) is -2.23. The zero-order valence-corrected chi connectivity index (χ0v) is 20.9. The first-order valence-corrected chi connectivity index (χ1v) is 13.1. The molecule has 0 fully saturated rings. The van der Waals surface area contributed by atoms with E-state index >= 15 is 0 Å². The van der Waals surface area contributed by atoms with Gasteiger partial charge in [-0.3, -0.25) is 9.36 Å². The lowest BCUT2D eigenvalue weighted by Crippen LogP contribution is -2.36. The minimum Gasteiger partial charge on any atom is -0.497 e. The van der Waals surface area contributed by atoms with Gasteiger partial charge in [-0.2, -0.15) is 0 Å². The van der Waals surface area contributed by atoms with Gasteiger partial charge in [0.2, 0.25) is 10.0 Å². The van der Waals surface area contributed by atoms with Crippen LogP contribution in [0.1, 0.15) is 12.5 Å². The van der Waals surface area contributed by atoms with Crippen molar-refractivity contribution in [2.75, 3.05) is 13.7 Å². The maximum Gasteiger partial charge on any atom is 0.308 e. The van der Waals surface area contributed by atoms with E-state index in [1.54, 1.807) is 55.0 Å². The van der Waals surface area contributed by atoms with Crippen molar-refractivity contribution in [1.82, 2.24) is 9.29 Å². The van der Waals surface area contributed by atoms with Crippen LogP contribution in [0.25, 0.3) is 10.2 Å². The Morgan fingerprint density at radius 3 is 2.47 bits per heavy atom. The van der Waals surface area contributed by atoms with Gasteiger partial charge in [-0.1, -0.05) is 41.1 Å². The number of aromatic nitrogens is 1. The largest absolute Gasteiger partial charge is 0.497 e. The van der Waals surface area contributed by atoms with Gasteiger partial charge >= 0.3 is 4.87 Å². The molecule has 4 rings (SSSR count). The van der Waals surface area contributed by atoms with E-state index in [1.807, 2.05) is 18.2 Å². The third-order valence-electron chi connectivity index (χ3n) is 5.15. The molecule has 0 saturated heterocycles. The third-order valence-corrected chi connectivity index (χ3v) is 8.05. The highest BCUT2D eigenvalue weighted by molar-refractivity contribution is 7.89. The Morgan fingerprint density at radius 2 is 1.76 bits per heavy atom. The lowest BCUT2D eigenvalue weighted by atomic mass is 10.2. The summed E-state index contributed by atoms with van der Waals surface area (Å²) in [5.41, 5.74) is 1.47. The molecule has 1 aromatic heterocycles. The van der Waals surface area contributed by atoms with E-state index in [-0.39, 0.29) is 16.4 Å². The van der Waals surface area contributed by atoms with Gasteiger partial charge in [-0.15, -0.1) is 0 Å². The molecule has 10 heteroatoms. The first-order chi connectivity index (χ1) is 16.3. The highest BCUT2D eigenvalue weighted by Gasteiger charge is 2.20. The van der Waals surface area contributed by atoms with Crippen molar-refractivity contribution in [3.8, 4) is 11.5 Å². The highest BCUT2D eigenvalue weighted by Crippen LogP contribution is 2.24. The number of nitrogens with one attached hydrogen (secondary N) is 1. The molecule has 0 aliphatic heterocycles. The number of halogens is 1. The molecule has 0 radical (unpaired) electrons. The quantitative estimate of drug-likeness (QED) is 0.352. The fourth-order valence-electron chi connectivity index (χ4n) is 3.42. The Hall–Kier alpha value is -2.85. The zero-order valence-electron chi connectivity index (χ0n) is 18.5. The van der Waals surface area contributed by atoms with Gasteiger partial charge in [-0.05, 0) is 61.0 Å². The van der Waals surface area contributed by atoms with E-state index in [0.717, 1.165) is 16.9 Å². The Kier molecular flexibility index (Phi) is 7.27. The van der Waals surface area contributed by atoms with Crippen molar-refractivity contribution < 1.29 is 17.9 Å². The number of sulfonamides is 1. The van der Waals surface area contributed by atoms with Gasteiger partial charge in [0.1, 0.15) is 18.1 Å². The van der Waals surface area contributed by atoms with Crippen molar-refractivity contribution in [3.05, 3.63) is 87.0 Å². The van der Waals surface area contributed by atoms with Crippen molar-refractivity contribution in [1.29, 1.82) is 0 Å². The Labute approximate surface area is 206 Å². The number of fused-ring (bicyclic) bond motifs is 1. The number of hydrogen-bond donors (Lipinski definition) is 1. The van der Waals surface area contributed by atoms with E-state index in [0.29, 0.717) is 33.3 Å². The number of rotatable bonds is 9. The average molecular weight is 519 g/mol. The maximum absolute atomic E-state index is 12.9. The number of ether oxygens (including phenoxy) is 2. The number of thiazole rings is 1. The molecule has 0 spiro atoms. The SMILES string of the molecule is COc1ccc(OC[C@@H](C)NS(=O)(=O)c2ccc3c(c2)sc(=O)n3Cc2ccccc2Cl)cc1. The van der Waals surface area contributed by atoms with Crippen LogP contribution in [0.2, 0.25) is 5.02 Å². The molecule has 4 aromatic rings. The molecule has 1 N–H and O–H groups in total. The number of hydrogen-bond acceptors (Lipinski definition) is 6. The summed E-state index contributed by atoms with van der Waals surface area (Å²) < 4.78 is 41.4. The monoisotopic (exact) mass is 518 g/mol. The Morgan fingerprint density at radius 1 is 1.06 bits per heavy atom. The molecule has 1 atom stereocenters. The van der Waals surface area contributed by atoms with Crippen LogP contribution in [0.15, 0.2) is 76.4 Å². The minimum atomic E-state index is -3.81. The number of nitrogens with zero attached hydrogens (tertiary/aromatic N) is 1. The van der Waals surface area contributed by atoms with Crippen LogP contribution in [0, 0.1) is 0 Å². The zero-order chi connectivity index (χ0) is 24.3. The topological polar surface area (TPSA) is 86.6 Å². The second-order valence-corrected chi connectivity index (χ2v) is 10.8. The van der Waals surface area contributed by atoms with E-state index in [9.17, 15) is 13.2 Å². The minimum absolute atomic E-state index is 0.0856. The normalized spacial score (nSPS) is 12.6. The predicted octanol–water partition coefficient (Wildman–Crippen LogP) is 4.52. The third kappa shape index (κ3) is 5.44. The maximum atomic E-state index is 12.9. The predicted molar refractivity (Wildman–Crippen MR) is 135 cm³/mol. The Balaban J connectivity index is 1.48. The molecule has 0 bridgehead atoms. The first-order valence-electron chi connectivity index (χ1n) is 10.4. The van der Waals surface area contributed by atoms with Gasteiger partial charge in [0.25, 0.3) is 0 Å². The molecule has 1 heterocycles. The van der Waals surface area contributed by atoms with Crippen LogP contribution in [0.4, 0.5) is 0 Å². The van der Waals surface area contributed by atoms with Crippen molar-refractivity contribution in [2.24, 2.45) is 0 Å². The van der Waals surface area contributed by atoms with Crippen LogP contribution in [0.3, 0.4) is 0 Å².